The average Bonchev–Trinajstić information content (AvgIpc) is 2.84. The van der Waals surface area contributed by atoms with Crippen molar-refractivity contribution in [3.63, 3.8) is 0 Å². The molecule has 0 aliphatic carbocycles. The van der Waals surface area contributed by atoms with Gasteiger partial charge in [-0.05, 0) is 68.2 Å². The Balaban J connectivity index is 1.84. The fourth-order valence-electron chi connectivity index (χ4n) is 2.92. The highest BCUT2D eigenvalue weighted by Crippen LogP contribution is 2.21. The number of halogens is 1. The molecule has 0 bridgehead atoms. The monoisotopic (exact) mass is 333 g/mol. The van der Waals surface area contributed by atoms with Crippen LogP contribution in [0.2, 0.25) is 5.22 Å². The van der Waals surface area contributed by atoms with E-state index in [1.807, 2.05) is 23.1 Å². The molecule has 1 saturated heterocycles. The van der Waals surface area contributed by atoms with E-state index >= 15 is 0 Å². The van der Waals surface area contributed by atoms with Crippen LogP contribution in [0.1, 0.15) is 35.5 Å². The zero-order chi connectivity index (χ0) is 16.1. The first-order valence-corrected chi connectivity index (χ1v) is 8.29. The summed E-state index contributed by atoms with van der Waals surface area (Å²) in [6.45, 7) is 2.38. The number of hydrogen-bond donors (Lipinski definition) is 1. The van der Waals surface area contributed by atoms with Gasteiger partial charge in [-0.25, -0.2) is 0 Å². The van der Waals surface area contributed by atoms with Gasteiger partial charge in [0.05, 0.1) is 12.2 Å². The number of pyridine rings is 1. The average molecular weight is 334 g/mol. The first kappa shape index (κ1) is 16.0. The van der Waals surface area contributed by atoms with Crippen molar-refractivity contribution < 1.29 is 9.21 Å². The van der Waals surface area contributed by atoms with E-state index in [0.29, 0.717) is 6.54 Å². The smallest absolute Gasteiger partial charge is 0.290 e. The summed E-state index contributed by atoms with van der Waals surface area (Å²) in [4.78, 5) is 19.1. The fourth-order valence-corrected chi connectivity index (χ4v) is 3.06. The number of furan rings is 1. The number of carbonyl (C=O) groups excluding carboxylic acids is 1. The van der Waals surface area contributed by atoms with Crippen LogP contribution in [0.15, 0.2) is 40.9 Å². The van der Waals surface area contributed by atoms with Crippen LogP contribution in [0.3, 0.4) is 0 Å². The zero-order valence-corrected chi connectivity index (χ0v) is 13.6. The van der Waals surface area contributed by atoms with Crippen LogP contribution in [-0.4, -0.2) is 34.9 Å². The SMILES string of the molecule is O=C(c1ccc(Cl)o1)N(Cc1ccccn1)C1CCCNCC1. The Morgan fingerprint density at radius 1 is 1.30 bits per heavy atom. The van der Waals surface area contributed by atoms with Crippen LogP contribution >= 0.6 is 11.6 Å². The first-order chi connectivity index (χ1) is 11.2. The van der Waals surface area contributed by atoms with E-state index in [1.165, 1.54) is 0 Å². The second kappa shape index (κ2) is 7.62. The van der Waals surface area contributed by atoms with Gasteiger partial charge >= 0.3 is 0 Å². The summed E-state index contributed by atoms with van der Waals surface area (Å²) in [5, 5.41) is 3.61. The number of aromatic nitrogens is 1. The second-order valence-corrected chi connectivity index (χ2v) is 6.07. The predicted octanol–water partition coefficient (Wildman–Crippen LogP) is 3.11. The molecule has 6 heteroatoms. The summed E-state index contributed by atoms with van der Waals surface area (Å²) in [7, 11) is 0. The predicted molar refractivity (Wildman–Crippen MR) is 88.3 cm³/mol. The summed E-state index contributed by atoms with van der Waals surface area (Å²) < 4.78 is 5.32. The summed E-state index contributed by atoms with van der Waals surface area (Å²) in [5.74, 6) is 0.151. The Bertz CT molecular complexity index is 636. The molecule has 0 aromatic carbocycles. The van der Waals surface area contributed by atoms with Crippen molar-refractivity contribution in [3.8, 4) is 0 Å². The summed E-state index contributed by atoms with van der Waals surface area (Å²) in [5.41, 5.74) is 0.871. The highest BCUT2D eigenvalue weighted by atomic mass is 35.5. The van der Waals surface area contributed by atoms with Crippen molar-refractivity contribution in [2.45, 2.75) is 31.8 Å². The number of nitrogens with one attached hydrogen (secondary N) is 1. The Hall–Kier alpha value is -1.85. The number of carbonyl (C=O) groups is 1. The minimum atomic E-state index is -0.130. The van der Waals surface area contributed by atoms with E-state index in [4.69, 9.17) is 16.0 Å². The van der Waals surface area contributed by atoms with Gasteiger partial charge in [0.15, 0.2) is 11.0 Å². The summed E-state index contributed by atoms with van der Waals surface area (Å²) >= 11 is 5.82. The van der Waals surface area contributed by atoms with Gasteiger partial charge in [-0.15, -0.1) is 0 Å². The Kier molecular flexibility index (Phi) is 5.31. The molecule has 1 aliphatic rings. The van der Waals surface area contributed by atoms with Gasteiger partial charge in [0.1, 0.15) is 0 Å². The molecule has 5 nitrogen and oxygen atoms in total. The molecule has 1 unspecified atom stereocenters. The molecule has 2 aromatic heterocycles. The van der Waals surface area contributed by atoms with E-state index in [2.05, 4.69) is 10.3 Å². The molecular formula is C17H20ClN3O2. The fraction of sp³-hybridized carbons (Fsp3) is 0.412. The van der Waals surface area contributed by atoms with Crippen molar-refractivity contribution in [2.75, 3.05) is 13.1 Å². The third kappa shape index (κ3) is 4.12. The largest absolute Gasteiger partial charge is 0.440 e. The molecule has 2 aromatic rings. The molecular weight excluding hydrogens is 314 g/mol. The van der Waals surface area contributed by atoms with Crippen LogP contribution in [-0.2, 0) is 6.54 Å². The van der Waals surface area contributed by atoms with Crippen molar-refractivity contribution in [1.29, 1.82) is 0 Å². The van der Waals surface area contributed by atoms with Gasteiger partial charge in [-0.2, -0.15) is 0 Å². The first-order valence-electron chi connectivity index (χ1n) is 7.91. The molecule has 3 heterocycles. The highest BCUT2D eigenvalue weighted by Gasteiger charge is 2.27. The normalized spacial score (nSPS) is 18.4. The minimum absolute atomic E-state index is 0.130. The molecule has 3 rings (SSSR count). The van der Waals surface area contributed by atoms with E-state index in [1.54, 1.807) is 18.3 Å². The van der Waals surface area contributed by atoms with E-state index in [0.717, 1.165) is 38.0 Å². The van der Waals surface area contributed by atoms with Gasteiger partial charge in [0.25, 0.3) is 5.91 Å². The molecule has 23 heavy (non-hydrogen) atoms. The van der Waals surface area contributed by atoms with Crippen LogP contribution in [0.4, 0.5) is 0 Å². The van der Waals surface area contributed by atoms with Crippen molar-refractivity contribution in [3.05, 3.63) is 53.2 Å². The number of hydrogen-bond acceptors (Lipinski definition) is 4. The lowest BCUT2D eigenvalue weighted by Gasteiger charge is -2.30. The van der Waals surface area contributed by atoms with Crippen LogP contribution < -0.4 is 5.32 Å². The van der Waals surface area contributed by atoms with E-state index in [-0.39, 0.29) is 22.9 Å². The van der Waals surface area contributed by atoms with Gasteiger partial charge in [0.2, 0.25) is 0 Å². The topological polar surface area (TPSA) is 58.4 Å². The van der Waals surface area contributed by atoms with Gasteiger partial charge in [-0.1, -0.05) is 6.07 Å². The van der Waals surface area contributed by atoms with Crippen molar-refractivity contribution in [1.82, 2.24) is 15.2 Å². The van der Waals surface area contributed by atoms with Gasteiger partial charge in [0, 0.05) is 12.2 Å². The summed E-state index contributed by atoms with van der Waals surface area (Å²) in [6, 6.07) is 9.14. The number of rotatable bonds is 4. The van der Waals surface area contributed by atoms with Crippen molar-refractivity contribution in [2.24, 2.45) is 0 Å². The second-order valence-electron chi connectivity index (χ2n) is 5.69. The summed E-state index contributed by atoms with van der Waals surface area (Å²) in [6.07, 6.45) is 4.69. The van der Waals surface area contributed by atoms with Crippen LogP contribution in [0.25, 0.3) is 0 Å². The molecule has 1 N–H and O–H groups in total. The maximum atomic E-state index is 12.9. The van der Waals surface area contributed by atoms with Gasteiger partial charge in [-0.3, -0.25) is 9.78 Å². The van der Waals surface area contributed by atoms with Crippen molar-refractivity contribution >= 4 is 17.5 Å². The molecule has 1 atom stereocenters. The van der Waals surface area contributed by atoms with E-state index in [9.17, 15) is 4.79 Å². The minimum Gasteiger partial charge on any atom is -0.440 e. The maximum Gasteiger partial charge on any atom is 0.290 e. The number of amides is 1. The van der Waals surface area contributed by atoms with Crippen LogP contribution in [0.5, 0.6) is 0 Å². The molecule has 1 aliphatic heterocycles. The van der Waals surface area contributed by atoms with Crippen LogP contribution in [0, 0.1) is 0 Å². The quantitative estimate of drug-likeness (QED) is 0.934. The lowest BCUT2D eigenvalue weighted by Crippen LogP contribution is -2.40. The van der Waals surface area contributed by atoms with E-state index < -0.39 is 0 Å². The molecule has 0 radical (unpaired) electrons. The lowest BCUT2D eigenvalue weighted by molar-refractivity contribution is 0.0609. The molecule has 0 saturated carbocycles. The maximum absolute atomic E-state index is 12.9. The Morgan fingerprint density at radius 3 is 2.96 bits per heavy atom. The Labute approximate surface area is 140 Å². The lowest BCUT2D eigenvalue weighted by atomic mass is 10.1. The molecule has 0 spiro atoms. The highest BCUT2D eigenvalue weighted by molar-refractivity contribution is 6.29. The third-order valence-electron chi connectivity index (χ3n) is 4.09. The number of nitrogens with zero attached hydrogens (tertiary/aromatic N) is 2. The third-order valence-corrected chi connectivity index (χ3v) is 4.29. The van der Waals surface area contributed by atoms with Gasteiger partial charge < -0.3 is 14.6 Å². The molecule has 122 valence electrons. The molecule has 1 fully saturated rings. The zero-order valence-electron chi connectivity index (χ0n) is 12.9. The Morgan fingerprint density at radius 2 is 2.22 bits per heavy atom. The molecule has 1 amide bonds. The standard InChI is InChI=1S/C17H20ClN3O2/c18-16-7-6-15(23-16)17(22)21(12-13-4-1-2-10-20-13)14-5-3-9-19-11-8-14/h1-2,4,6-7,10,14,19H,3,5,8-9,11-12H2.